The van der Waals surface area contributed by atoms with Crippen LogP contribution in [0, 0.1) is 16.7 Å². The van der Waals surface area contributed by atoms with Gasteiger partial charge in [-0.1, -0.05) is 34.1 Å². The lowest BCUT2D eigenvalue weighted by Gasteiger charge is -2.18. The maximum Gasteiger partial charge on any atom is 0.0285 e. The highest BCUT2D eigenvalue weighted by atomic mass is 35.5. The molecule has 1 atom stereocenters. The average Bonchev–Trinajstić information content (AvgIpc) is 2.51. The van der Waals surface area contributed by atoms with Crippen LogP contribution in [0.4, 0.5) is 0 Å². The maximum absolute atomic E-state index is 6.02. The summed E-state index contributed by atoms with van der Waals surface area (Å²) in [4.78, 5) is 0. The number of hydrogen-bond acceptors (Lipinski definition) is 0. The van der Waals surface area contributed by atoms with E-state index in [1.54, 1.807) is 0 Å². The minimum Gasteiger partial charge on any atom is -0.126 e. The summed E-state index contributed by atoms with van der Waals surface area (Å²) in [5.41, 5.74) is 1.00. The molecular weight excluding hydrogens is 168 g/mol. The third-order valence-electron chi connectivity index (χ3n) is 3.55. The third kappa shape index (κ3) is 1.79. The fraction of sp³-hybridized carbons (Fsp3) is 1.00. The van der Waals surface area contributed by atoms with E-state index >= 15 is 0 Å². The molecule has 1 unspecified atom stereocenters. The van der Waals surface area contributed by atoms with E-state index in [0.717, 1.165) is 11.8 Å². The molecule has 0 radical (unpaired) electrons. The highest BCUT2D eigenvalue weighted by Crippen LogP contribution is 2.66. The molecule has 1 saturated carbocycles. The van der Waals surface area contributed by atoms with Crippen LogP contribution >= 0.6 is 11.6 Å². The van der Waals surface area contributed by atoms with Crippen molar-refractivity contribution in [3.05, 3.63) is 0 Å². The Hall–Kier alpha value is 0.290. The van der Waals surface area contributed by atoms with E-state index in [9.17, 15) is 0 Å². The SMILES string of the molecule is CC(C)CCC1(CCl)CC1(C)C. The van der Waals surface area contributed by atoms with Gasteiger partial charge in [-0.2, -0.15) is 0 Å². The molecule has 0 aliphatic heterocycles. The van der Waals surface area contributed by atoms with Crippen molar-refractivity contribution in [3.8, 4) is 0 Å². The molecule has 1 rings (SSSR count). The Labute approximate surface area is 81.7 Å². The van der Waals surface area contributed by atoms with E-state index in [2.05, 4.69) is 27.7 Å². The molecule has 0 aromatic heterocycles. The van der Waals surface area contributed by atoms with Gasteiger partial charge < -0.3 is 0 Å². The Morgan fingerprint density at radius 1 is 1.33 bits per heavy atom. The van der Waals surface area contributed by atoms with Crippen LogP contribution in [0.25, 0.3) is 0 Å². The summed E-state index contributed by atoms with van der Waals surface area (Å²) in [5.74, 6) is 1.67. The minimum atomic E-state index is 0.485. The van der Waals surface area contributed by atoms with Crippen molar-refractivity contribution in [1.29, 1.82) is 0 Å². The van der Waals surface area contributed by atoms with Crippen LogP contribution in [-0.2, 0) is 0 Å². The van der Waals surface area contributed by atoms with Crippen molar-refractivity contribution >= 4 is 11.6 Å². The Morgan fingerprint density at radius 2 is 1.83 bits per heavy atom. The van der Waals surface area contributed by atoms with E-state index in [4.69, 9.17) is 11.6 Å². The maximum atomic E-state index is 6.02. The van der Waals surface area contributed by atoms with Crippen LogP contribution in [-0.4, -0.2) is 5.88 Å². The molecule has 0 saturated heterocycles. The summed E-state index contributed by atoms with van der Waals surface area (Å²) in [6, 6.07) is 0. The minimum absolute atomic E-state index is 0.485. The van der Waals surface area contributed by atoms with Gasteiger partial charge >= 0.3 is 0 Å². The van der Waals surface area contributed by atoms with Crippen molar-refractivity contribution in [2.24, 2.45) is 16.7 Å². The summed E-state index contributed by atoms with van der Waals surface area (Å²) < 4.78 is 0. The molecule has 0 heterocycles. The Morgan fingerprint density at radius 3 is 2.08 bits per heavy atom. The fourth-order valence-corrected chi connectivity index (χ4v) is 2.68. The molecule has 1 heteroatoms. The molecule has 0 bridgehead atoms. The molecule has 0 spiro atoms. The van der Waals surface area contributed by atoms with Crippen molar-refractivity contribution in [3.63, 3.8) is 0 Å². The quantitative estimate of drug-likeness (QED) is 0.584. The molecule has 0 aromatic rings. The zero-order valence-corrected chi connectivity index (χ0v) is 9.54. The molecule has 1 aliphatic rings. The van der Waals surface area contributed by atoms with Crippen molar-refractivity contribution in [1.82, 2.24) is 0 Å². The molecule has 1 aliphatic carbocycles. The Kier molecular flexibility index (Phi) is 2.78. The Balaban J connectivity index is 2.40. The van der Waals surface area contributed by atoms with Crippen LogP contribution < -0.4 is 0 Å². The second-order valence-electron chi connectivity index (χ2n) is 5.41. The summed E-state index contributed by atoms with van der Waals surface area (Å²) in [6.45, 7) is 9.26. The van der Waals surface area contributed by atoms with Gasteiger partial charge in [-0.15, -0.1) is 11.6 Å². The smallest absolute Gasteiger partial charge is 0.0285 e. The third-order valence-corrected chi connectivity index (χ3v) is 4.06. The molecule has 0 amide bonds. The predicted molar refractivity (Wildman–Crippen MR) is 55.6 cm³/mol. The number of alkyl halides is 1. The monoisotopic (exact) mass is 188 g/mol. The molecule has 0 N–H and O–H groups in total. The van der Waals surface area contributed by atoms with Gasteiger partial charge in [0.2, 0.25) is 0 Å². The van der Waals surface area contributed by atoms with E-state index < -0.39 is 0 Å². The highest BCUT2D eigenvalue weighted by Gasteiger charge is 2.59. The van der Waals surface area contributed by atoms with E-state index in [1.807, 2.05) is 0 Å². The zero-order chi connectivity index (χ0) is 9.41. The van der Waals surface area contributed by atoms with Crippen LogP contribution in [0.2, 0.25) is 0 Å². The number of halogens is 1. The van der Waals surface area contributed by atoms with Gasteiger partial charge in [-0.05, 0) is 29.6 Å². The molecule has 0 aromatic carbocycles. The van der Waals surface area contributed by atoms with Crippen LogP contribution in [0.3, 0.4) is 0 Å². The first-order chi connectivity index (χ1) is 5.43. The topological polar surface area (TPSA) is 0 Å². The van der Waals surface area contributed by atoms with Crippen molar-refractivity contribution in [2.45, 2.75) is 47.0 Å². The molecule has 12 heavy (non-hydrogen) atoms. The van der Waals surface area contributed by atoms with Crippen molar-refractivity contribution < 1.29 is 0 Å². The van der Waals surface area contributed by atoms with E-state index in [0.29, 0.717) is 10.8 Å². The molecule has 1 fully saturated rings. The molecule has 0 nitrogen and oxygen atoms in total. The highest BCUT2D eigenvalue weighted by molar-refractivity contribution is 6.18. The first-order valence-corrected chi connectivity index (χ1v) is 5.53. The summed E-state index contributed by atoms with van der Waals surface area (Å²) in [6.07, 6.45) is 3.98. The first kappa shape index (κ1) is 10.4. The van der Waals surface area contributed by atoms with Gasteiger partial charge in [0.25, 0.3) is 0 Å². The number of hydrogen-bond donors (Lipinski definition) is 0. The summed E-state index contributed by atoms with van der Waals surface area (Å²) >= 11 is 6.02. The summed E-state index contributed by atoms with van der Waals surface area (Å²) in [5, 5.41) is 0. The predicted octanol–water partition coefficient (Wildman–Crippen LogP) is 4.08. The van der Waals surface area contributed by atoms with Crippen LogP contribution in [0.15, 0.2) is 0 Å². The lowest BCUT2D eigenvalue weighted by Crippen LogP contribution is -2.12. The van der Waals surface area contributed by atoms with Crippen molar-refractivity contribution in [2.75, 3.05) is 5.88 Å². The Bertz CT molecular complexity index is 160. The van der Waals surface area contributed by atoms with E-state index in [1.165, 1.54) is 19.3 Å². The second kappa shape index (κ2) is 3.21. The van der Waals surface area contributed by atoms with E-state index in [-0.39, 0.29) is 0 Å². The summed E-state index contributed by atoms with van der Waals surface area (Å²) in [7, 11) is 0. The first-order valence-electron chi connectivity index (χ1n) is 4.99. The van der Waals surface area contributed by atoms with Crippen LogP contribution in [0.1, 0.15) is 47.0 Å². The van der Waals surface area contributed by atoms with Crippen LogP contribution in [0.5, 0.6) is 0 Å². The van der Waals surface area contributed by atoms with Gasteiger partial charge in [0.05, 0.1) is 0 Å². The van der Waals surface area contributed by atoms with Gasteiger partial charge in [-0.3, -0.25) is 0 Å². The lowest BCUT2D eigenvalue weighted by atomic mass is 9.90. The molecule has 72 valence electrons. The zero-order valence-electron chi connectivity index (χ0n) is 8.78. The number of rotatable bonds is 4. The second-order valence-corrected chi connectivity index (χ2v) is 5.67. The average molecular weight is 189 g/mol. The van der Waals surface area contributed by atoms with Gasteiger partial charge in [0.15, 0.2) is 0 Å². The largest absolute Gasteiger partial charge is 0.126 e. The van der Waals surface area contributed by atoms with Gasteiger partial charge in [0, 0.05) is 5.88 Å². The normalized spacial score (nSPS) is 32.5. The molecular formula is C11H21Cl. The van der Waals surface area contributed by atoms with Gasteiger partial charge in [-0.25, -0.2) is 0 Å². The fourth-order valence-electron chi connectivity index (χ4n) is 2.09. The standard InChI is InChI=1S/C11H21Cl/c1-9(2)5-6-11(8-12)7-10(11,3)4/h9H,5-8H2,1-4H3. The van der Waals surface area contributed by atoms with Gasteiger partial charge in [0.1, 0.15) is 0 Å². The lowest BCUT2D eigenvalue weighted by molar-refractivity contribution is 0.359.